The smallest absolute Gasteiger partial charge is 0.133 e. The van der Waals surface area contributed by atoms with Crippen molar-refractivity contribution in [3.8, 4) is 0 Å². The first kappa shape index (κ1) is 14.4. The van der Waals surface area contributed by atoms with E-state index in [0.29, 0.717) is 5.92 Å². The molecule has 0 bridgehead atoms. The number of hydrogen-bond acceptors (Lipinski definition) is 4. The quantitative estimate of drug-likeness (QED) is 0.905. The van der Waals surface area contributed by atoms with Crippen molar-refractivity contribution in [1.29, 1.82) is 0 Å². The summed E-state index contributed by atoms with van der Waals surface area (Å²) in [5, 5.41) is 3.33. The molecule has 1 N–H and O–H groups in total. The van der Waals surface area contributed by atoms with E-state index in [1.165, 1.54) is 5.56 Å². The molecule has 0 aliphatic carbocycles. The summed E-state index contributed by atoms with van der Waals surface area (Å²) in [6.45, 7) is 9.26. The number of rotatable bonds is 5. The van der Waals surface area contributed by atoms with Crippen LogP contribution in [0.1, 0.15) is 49.3 Å². The largest absolute Gasteiger partial charge is 0.370 e. The predicted octanol–water partition coefficient (Wildman–Crippen LogP) is 3.33. The second-order valence-corrected chi connectivity index (χ2v) is 5.23. The lowest BCUT2D eigenvalue weighted by molar-refractivity contribution is 0.757. The summed E-state index contributed by atoms with van der Waals surface area (Å²) in [5.74, 6) is 2.16. The molecule has 0 aliphatic rings. The maximum Gasteiger partial charge on any atom is 0.133 e. The fourth-order valence-corrected chi connectivity index (χ4v) is 2.05. The molecule has 0 saturated heterocycles. The molecule has 2 rings (SSSR count). The molecule has 2 aromatic rings. The molecular formula is C16H22N4. The first-order chi connectivity index (χ1) is 9.61. The summed E-state index contributed by atoms with van der Waals surface area (Å²) in [6, 6.07) is 4.04. The van der Waals surface area contributed by atoms with Crippen LogP contribution >= 0.6 is 0 Å². The van der Waals surface area contributed by atoms with Crippen LogP contribution in [-0.2, 0) is 6.42 Å². The van der Waals surface area contributed by atoms with Gasteiger partial charge in [0, 0.05) is 36.8 Å². The Morgan fingerprint density at radius 2 is 2.05 bits per heavy atom. The average molecular weight is 270 g/mol. The van der Waals surface area contributed by atoms with Crippen LogP contribution < -0.4 is 5.32 Å². The molecule has 0 aliphatic heterocycles. The second-order valence-electron chi connectivity index (χ2n) is 5.23. The second kappa shape index (κ2) is 6.46. The van der Waals surface area contributed by atoms with Crippen LogP contribution in [0.2, 0.25) is 0 Å². The van der Waals surface area contributed by atoms with E-state index in [4.69, 9.17) is 4.98 Å². The Bertz CT molecular complexity index is 564. The van der Waals surface area contributed by atoms with Gasteiger partial charge in [0.15, 0.2) is 0 Å². The number of aromatic nitrogens is 3. The summed E-state index contributed by atoms with van der Waals surface area (Å²) >= 11 is 0. The summed E-state index contributed by atoms with van der Waals surface area (Å²) < 4.78 is 0. The molecule has 0 spiro atoms. The molecular weight excluding hydrogens is 248 g/mol. The van der Waals surface area contributed by atoms with Crippen molar-refractivity contribution in [3.63, 3.8) is 0 Å². The van der Waals surface area contributed by atoms with Gasteiger partial charge in [-0.05, 0) is 25.5 Å². The predicted molar refractivity (Wildman–Crippen MR) is 82.1 cm³/mol. The summed E-state index contributed by atoms with van der Waals surface area (Å²) in [7, 11) is 0. The molecule has 0 saturated carbocycles. The zero-order chi connectivity index (χ0) is 14.5. The monoisotopic (exact) mass is 270 g/mol. The Morgan fingerprint density at radius 3 is 2.65 bits per heavy atom. The van der Waals surface area contributed by atoms with E-state index < -0.39 is 0 Å². The van der Waals surface area contributed by atoms with Crippen LogP contribution in [0.3, 0.4) is 0 Å². The third-order valence-electron chi connectivity index (χ3n) is 3.22. The van der Waals surface area contributed by atoms with Gasteiger partial charge in [-0.15, -0.1) is 0 Å². The van der Waals surface area contributed by atoms with Crippen molar-refractivity contribution in [2.45, 2.75) is 40.0 Å². The van der Waals surface area contributed by atoms with Crippen LogP contribution in [-0.4, -0.2) is 21.5 Å². The highest BCUT2D eigenvalue weighted by Crippen LogP contribution is 2.21. The molecule has 20 heavy (non-hydrogen) atoms. The fraction of sp³-hybridized carbons (Fsp3) is 0.438. The molecule has 4 heteroatoms. The van der Waals surface area contributed by atoms with Crippen molar-refractivity contribution in [3.05, 3.63) is 47.2 Å². The lowest BCUT2D eigenvalue weighted by Crippen LogP contribution is -2.11. The normalized spacial score (nSPS) is 10.8. The fourth-order valence-electron chi connectivity index (χ4n) is 2.05. The van der Waals surface area contributed by atoms with Crippen molar-refractivity contribution in [2.24, 2.45) is 0 Å². The van der Waals surface area contributed by atoms with Gasteiger partial charge in [-0.25, -0.2) is 9.97 Å². The van der Waals surface area contributed by atoms with E-state index in [9.17, 15) is 0 Å². The van der Waals surface area contributed by atoms with Gasteiger partial charge in [0.05, 0.1) is 5.69 Å². The van der Waals surface area contributed by atoms with Crippen LogP contribution in [0.15, 0.2) is 24.5 Å². The molecule has 0 unspecified atom stereocenters. The Labute approximate surface area is 120 Å². The molecule has 0 atom stereocenters. The summed E-state index contributed by atoms with van der Waals surface area (Å²) in [6.07, 6.45) is 4.48. The van der Waals surface area contributed by atoms with Gasteiger partial charge in [-0.1, -0.05) is 19.9 Å². The molecule has 2 aromatic heterocycles. The van der Waals surface area contributed by atoms with Gasteiger partial charge in [0.1, 0.15) is 11.6 Å². The molecule has 0 radical (unpaired) electrons. The Balaban J connectivity index is 2.40. The van der Waals surface area contributed by atoms with Crippen molar-refractivity contribution >= 4 is 5.82 Å². The SMILES string of the molecule is CCNc1nc(C(C)C)nc(Cc2cccnc2)c1C. The zero-order valence-corrected chi connectivity index (χ0v) is 12.6. The van der Waals surface area contributed by atoms with Crippen molar-refractivity contribution in [1.82, 2.24) is 15.0 Å². The highest BCUT2D eigenvalue weighted by atomic mass is 15.0. The molecule has 2 heterocycles. The van der Waals surface area contributed by atoms with Gasteiger partial charge in [-0.2, -0.15) is 0 Å². The Morgan fingerprint density at radius 1 is 1.25 bits per heavy atom. The summed E-state index contributed by atoms with van der Waals surface area (Å²) in [5.41, 5.74) is 3.37. The van der Waals surface area contributed by atoms with Crippen LogP contribution in [0, 0.1) is 6.92 Å². The maximum atomic E-state index is 4.73. The van der Waals surface area contributed by atoms with Gasteiger partial charge in [0.25, 0.3) is 0 Å². The molecule has 0 fully saturated rings. The van der Waals surface area contributed by atoms with Crippen LogP contribution in [0.5, 0.6) is 0 Å². The third-order valence-corrected chi connectivity index (χ3v) is 3.22. The lowest BCUT2D eigenvalue weighted by atomic mass is 10.1. The first-order valence-electron chi connectivity index (χ1n) is 7.12. The van der Waals surface area contributed by atoms with Crippen LogP contribution in [0.25, 0.3) is 0 Å². The average Bonchev–Trinajstić information content (AvgIpc) is 2.44. The number of pyridine rings is 1. The molecule has 4 nitrogen and oxygen atoms in total. The zero-order valence-electron chi connectivity index (χ0n) is 12.6. The van der Waals surface area contributed by atoms with Crippen molar-refractivity contribution < 1.29 is 0 Å². The first-order valence-corrected chi connectivity index (χ1v) is 7.12. The van der Waals surface area contributed by atoms with E-state index in [1.807, 2.05) is 12.3 Å². The Hall–Kier alpha value is -1.97. The van der Waals surface area contributed by atoms with Crippen molar-refractivity contribution in [2.75, 3.05) is 11.9 Å². The molecule has 106 valence electrons. The minimum atomic E-state index is 0.320. The van der Waals surface area contributed by atoms with Gasteiger partial charge in [0.2, 0.25) is 0 Å². The number of nitrogens with one attached hydrogen (secondary N) is 1. The molecule has 0 aromatic carbocycles. The van der Waals surface area contributed by atoms with Crippen LogP contribution in [0.4, 0.5) is 5.82 Å². The lowest BCUT2D eigenvalue weighted by Gasteiger charge is -2.14. The van der Waals surface area contributed by atoms with E-state index in [1.54, 1.807) is 6.20 Å². The highest BCUT2D eigenvalue weighted by Gasteiger charge is 2.13. The third kappa shape index (κ3) is 3.32. The molecule has 0 amide bonds. The van der Waals surface area contributed by atoms with E-state index in [2.05, 4.69) is 49.0 Å². The minimum absolute atomic E-state index is 0.320. The van der Waals surface area contributed by atoms with Gasteiger partial charge >= 0.3 is 0 Å². The number of anilines is 1. The number of nitrogens with zero attached hydrogens (tertiary/aromatic N) is 3. The van der Waals surface area contributed by atoms with Gasteiger partial charge < -0.3 is 5.32 Å². The minimum Gasteiger partial charge on any atom is -0.370 e. The Kier molecular flexibility index (Phi) is 4.66. The van der Waals surface area contributed by atoms with E-state index in [-0.39, 0.29) is 0 Å². The topological polar surface area (TPSA) is 50.7 Å². The van der Waals surface area contributed by atoms with Gasteiger partial charge in [-0.3, -0.25) is 4.98 Å². The maximum absolute atomic E-state index is 4.73. The number of hydrogen-bond donors (Lipinski definition) is 1. The standard InChI is InChI=1S/C16H22N4/c1-5-18-16-12(4)14(19-15(20-16)11(2)3)9-13-7-6-8-17-10-13/h6-8,10-11H,5,9H2,1-4H3,(H,18,19,20). The highest BCUT2D eigenvalue weighted by molar-refractivity contribution is 5.47. The van der Waals surface area contributed by atoms with E-state index in [0.717, 1.165) is 35.9 Å². The summed E-state index contributed by atoms with van der Waals surface area (Å²) in [4.78, 5) is 13.5. The van der Waals surface area contributed by atoms with E-state index >= 15 is 0 Å².